The summed E-state index contributed by atoms with van der Waals surface area (Å²) in [5.74, 6) is -0.406. The first-order chi connectivity index (χ1) is 11.0. The van der Waals surface area contributed by atoms with Crippen LogP contribution >= 0.6 is 11.3 Å². The van der Waals surface area contributed by atoms with Gasteiger partial charge < -0.3 is 10.0 Å². The van der Waals surface area contributed by atoms with E-state index in [1.807, 2.05) is 38.1 Å². The average Bonchev–Trinajstić information content (AvgIpc) is 2.91. The highest BCUT2D eigenvalue weighted by atomic mass is 32.1. The van der Waals surface area contributed by atoms with Crippen LogP contribution in [0.15, 0.2) is 35.3 Å². The topological polar surface area (TPSA) is 74.9 Å². The van der Waals surface area contributed by atoms with E-state index in [4.69, 9.17) is 5.11 Å². The van der Waals surface area contributed by atoms with Crippen LogP contribution in [0.1, 0.15) is 24.2 Å². The Morgan fingerprint density at radius 3 is 2.83 bits per heavy atom. The number of aliphatic hydroxyl groups excluding tert-OH is 1. The molecule has 0 fully saturated rings. The first-order valence-electron chi connectivity index (χ1n) is 7.35. The number of rotatable bonds is 4. The molecule has 0 radical (unpaired) electrons. The molecule has 0 bridgehead atoms. The van der Waals surface area contributed by atoms with Crippen molar-refractivity contribution in [1.82, 2.24) is 14.3 Å². The zero-order valence-electron chi connectivity index (χ0n) is 12.9. The fourth-order valence-corrected chi connectivity index (χ4v) is 3.54. The maximum Gasteiger partial charge on any atom is 0.271 e. The predicted octanol–water partition coefficient (Wildman–Crippen LogP) is 1.75. The smallest absolute Gasteiger partial charge is 0.271 e. The van der Waals surface area contributed by atoms with Crippen molar-refractivity contribution < 1.29 is 9.90 Å². The van der Waals surface area contributed by atoms with E-state index in [1.54, 1.807) is 0 Å². The summed E-state index contributed by atoms with van der Waals surface area (Å²) < 4.78 is 2.42. The lowest BCUT2D eigenvalue weighted by molar-refractivity contribution is 0.0663. The van der Waals surface area contributed by atoms with E-state index in [9.17, 15) is 9.59 Å². The van der Waals surface area contributed by atoms with Gasteiger partial charge in [0, 0.05) is 18.8 Å². The molecule has 2 aromatic heterocycles. The van der Waals surface area contributed by atoms with Gasteiger partial charge in [-0.2, -0.15) is 0 Å². The second-order valence-corrected chi connectivity index (χ2v) is 6.49. The summed E-state index contributed by atoms with van der Waals surface area (Å²) in [5.41, 5.74) is 0.396. The van der Waals surface area contributed by atoms with Crippen molar-refractivity contribution in [3.05, 3.63) is 46.4 Å². The van der Waals surface area contributed by atoms with Crippen LogP contribution < -0.4 is 5.56 Å². The summed E-state index contributed by atoms with van der Waals surface area (Å²) in [5, 5.41) is 9.14. The van der Waals surface area contributed by atoms with Gasteiger partial charge in [0.1, 0.15) is 5.56 Å². The van der Waals surface area contributed by atoms with Crippen LogP contribution in [-0.4, -0.2) is 44.5 Å². The van der Waals surface area contributed by atoms with Crippen molar-refractivity contribution in [2.24, 2.45) is 0 Å². The zero-order valence-corrected chi connectivity index (χ0v) is 13.7. The Labute approximate surface area is 136 Å². The maximum atomic E-state index is 12.8. The fraction of sp³-hybridized carbons (Fsp3) is 0.312. The first kappa shape index (κ1) is 15.6. The molecule has 3 rings (SSSR count). The minimum Gasteiger partial charge on any atom is -0.395 e. The van der Waals surface area contributed by atoms with Gasteiger partial charge in [-0.15, -0.1) is 0 Å². The molecule has 120 valence electrons. The number of aliphatic hydroxyl groups is 1. The van der Waals surface area contributed by atoms with E-state index >= 15 is 0 Å². The van der Waals surface area contributed by atoms with Crippen LogP contribution in [-0.2, 0) is 0 Å². The summed E-state index contributed by atoms with van der Waals surface area (Å²) in [6.07, 6.45) is 1.34. The van der Waals surface area contributed by atoms with E-state index < -0.39 is 5.91 Å². The van der Waals surface area contributed by atoms with Crippen molar-refractivity contribution in [1.29, 1.82) is 0 Å². The Kier molecular flexibility index (Phi) is 4.14. The van der Waals surface area contributed by atoms with Gasteiger partial charge in [0.25, 0.3) is 11.5 Å². The third-order valence-corrected chi connectivity index (χ3v) is 4.73. The second kappa shape index (κ2) is 6.10. The molecule has 0 spiro atoms. The lowest BCUT2D eigenvalue weighted by atomic mass is 10.2. The molecule has 1 aromatic carbocycles. The Hall–Kier alpha value is -2.25. The van der Waals surface area contributed by atoms with Crippen molar-refractivity contribution in [3.8, 4) is 0 Å². The van der Waals surface area contributed by atoms with Gasteiger partial charge in [0.05, 0.1) is 16.8 Å². The van der Waals surface area contributed by atoms with E-state index in [-0.39, 0.29) is 30.3 Å². The Morgan fingerprint density at radius 1 is 1.39 bits per heavy atom. The van der Waals surface area contributed by atoms with Crippen LogP contribution in [0.5, 0.6) is 0 Å². The lowest BCUT2D eigenvalue weighted by Crippen LogP contribution is -2.41. The van der Waals surface area contributed by atoms with Crippen LogP contribution in [0.3, 0.4) is 0 Å². The standard InChI is InChI=1S/C16H17N3O3S/c1-10(2)18(7-8-20)14(21)11-9-17-16-19(15(11)22)12-5-3-4-6-13(12)23-16/h3-6,9-10,20H,7-8H2,1-2H3. The zero-order chi connectivity index (χ0) is 16.6. The SMILES string of the molecule is CC(C)N(CCO)C(=O)c1cnc2sc3ccccc3n2c1=O. The summed E-state index contributed by atoms with van der Waals surface area (Å²) in [6, 6.07) is 7.39. The van der Waals surface area contributed by atoms with Crippen molar-refractivity contribution in [2.45, 2.75) is 19.9 Å². The number of carbonyl (C=O) groups is 1. The Morgan fingerprint density at radius 2 is 2.13 bits per heavy atom. The van der Waals surface area contributed by atoms with E-state index in [2.05, 4.69) is 4.98 Å². The van der Waals surface area contributed by atoms with Gasteiger partial charge in [-0.1, -0.05) is 23.5 Å². The molecule has 0 aliphatic rings. The average molecular weight is 331 g/mol. The number of carbonyl (C=O) groups excluding carboxylic acids is 1. The monoisotopic (exact) mass is 331 g/mol. The Bertz CT molecular complexity index is 929. The molecule has 7 heteroatoms. The van der Waals surface area contributed by atoms with Crippen molar-refractivity contribution in [2.75, 3.05) is 13.2 Å². The highest BCUT2D eigenvalue weighted by molar-refractivity contribution is 7.23. The number of para-hydroxylation sites is 1. The number of nitrogens with zero attached hydrogens (tertiary/aromatic N) is 3. The number of amides is 1. The normalized spacial score (nSPS) is 11.5. The summed E-state index contributed by atoms with van der Waals surface area (Å²) >= 11 is 1.41. The summed E-state index contributed by atoms with van der Waals surface area (Å²) in [4.78, 5) is 31.8. The highest BCUT2D eigenvalue weighted by Crippen LogP contribution is 2.23. The molecule has 1 amide bonds. The fourth-order valence-electron chi connectivity index (χ4n) is 2.55. The van der Waals surface area contributed by atoms with Gasteiger partial charge in [-0.3, -0.25) is 14.0 Å². The Balaban J connectivity index is 2.19. The number of fused-ring (bicyclic) bond motifs is 3. The maximum absolute atomic E-state index is 12.8. The van der Waals surface area contributed by atoms with Crippen LogP contribution in [0, 0.1) is 0 Å². The number of aromatic nitrogens is 2. The third kappa shape index (κ3) is 2.62. The molecule has 1 N–H and O–H groups in total. The van der Waals surface area contributed by atoms with Gasteiger partial charge in [-0.25, -0.2) is 4.98 Å². The van der Waals surface area contributed by atoms with Crippen molar-refractivity contribution >= 4 is 32.4 Å². The molecule has 0 aliphatic heterocycles. The van der Waals surface area contributed by atoms with Crippen LogP contribution in [0.2, 0.25) is 0 Å². The molecule has 0 saturated heterocycles. The molecular weight excluding hydrogens is 314 g/mol. The molecule has 3 aromatic rings. The number of thiazole rings is 1. The number of hydrogen-bond acceptors (Lipinski definition) is 5. The number of benzene rings is 1. The molecule has 0 saturated carbocycles. The lowest BCUT2D eigenvalue weighted by Gasteiger charge is -2.25. The quantitative estimate of drug-likeness (QED) is 0.790. The van der Waals surface area contributed by atoms with Crippen molar-refractivity contribution in [3.63, 3.8) is 0 Å². The van der Waals surface area contributed by atoms with Gasteiger partial charge >= 0.3 is 0 Å². The molecule has 23 heavy (non-hydrogen) atoms. The minimum absolute atomic E-state index is 0.0215. The van der Waals surface area contributed by atoms with Gasteiger partial charge in [0.15, 0.2) is 4.96 Å². The molecular formula is C16H17N3O3S. The van der Waals surface area contributed by atoms with E-state index in [0.29, 0.717) is 4.96 Å². The van der Waals surface area contributed by atoms with Gasteiger partial charge in [0.2, 0.25) is 0 Å². The van der Waals surface area contributed by atoms with Gasteiger partial charge in [-0.05, 0) is 26.0 Å². The first-order valence-corrected chi connectivity index (χ1v) is 8.17. The van der Waals surface area contributed by atoms with E-state index in [0.717, 1.165) is 10.2 Å². The molecule has 6 nitrogen and oxygen atoms in total. The minimum atomic E-state index is -0.406. The molecule has 2 heterocycles. The summed E-state index contributed by atoms with van der Waals surface area (Å²) in [6.45, 7) is 3.72. The largest absolute Gasteiger partial charge is 0.395 e. The molecule has 0 aliphatic carbocycles. The summed E-state index contributed by atoms with van der Waals surface area (Å²) in [7, 11) is 0. The van der Waals surface area contributed by atoms with E-state index in [1.165, 1.54) is 26.8 Å². The van der Waals surface area contributed by atoms with Crippen LogP contribution in [0.25, 0.3) is 15.2 Å². The third-order valence-electron chi connectivity index (χ3n) is 3.69. The van der Waals surface area contributed by atoms with Crippen LogP contribution in [0.4, 0.5) is 0 Å². The highest BCUT2D eigenvalue weighted by Gasteiger charge is 2.23. The second-order valence-electron chi connectivity index (χ2n) is 5.48. The molecule has 0 unspecified atom stereocenters. The predicted molar refractivity (Wildman–Crippen MR) is 90.1 cm³/mol. The molecule has 0 atom stereocenters. The number of hydrogen-bond donors (Lipinski definition) is 1.